The zero-order valence-corrected chi connectivity index (χ0v) is 15.2. The quantitative estimate of drug-likeness (QED) is 0.461. The third kappa shape index (κ3) is 9.39. The van der Waals surface area contributed by atoms with Crippen LogP contribution in [0.25, 0.3) is 0 Å². The maximum Gasteiger partial charge on any atom is 0.259 e. The first kappa shape index (κ1) is 20.3. The van der Waals surface area contributed by atoms with Crippen molar-refractivity contribution in [2.45, 2.75) is 45.1 Å². The van der Waals surface area contributed by atoms with Crippen molar-refractivity contribution in [2.75, 3.05) is 18.8 Å². The van der Waals surface area contributed by atoms with Crippen LogP contribution in [0, 0.1) is 0 Å². The molecule has 6 nitrogen and oxygen atoms in total. The molecule has 0 aliphatic carbocycles. The number of hydrogen-bond acceptors (Lipinski definition) is 5. The van der Waals surface area contributed by atoms with Crippen LogP contribution < -0.4 is 16.0 Å². The minimum Gasteiger partial charge on any atom is -0.354 e. The van der Waals surface area contributed by atoms with Gasteiger partial charge in [0.2, 0.25) is 6.41 Å². The number of rotatable bonds is 8. The molecule has 1 aliphatic heterocycles. The lowest BCUT2D eigenvalue weighted by molar-refractivity contribution is -0.117. The van der Waals surface area contributed by atoms with E-state index in [4.69, 9.17) is 0 Å². The van der Waals surface area contributed by atoms with E-state index in [9.17, 15) is 9.59 Å². The first-order chi connectivity index (χ1) is 11.6. The van der Waals surface area contributed by atoms with Crippen LogP contribution in [0.1, 0.15) is 39.0 Å². The lowest BCUT2D eigenvalue weighted by Crippen LogP contribution is -2.40. The number of nitrogens with zero attached hydrogens (tertiary/aromatic N) is 1. The molecule has 24 heavy (non-hydrogen) atoms. The molecule has 1 aliphatic rings. The molecule has 3 N–H and O–H groups in total. The molecule has 0 radical (unpaired) electrons. The van der Waals surface area contributed by atoms with E-state index in [1.165, 1.54) is 0 Å². The van der Waals surface area contributed by atoms with E-state index in [1.54, 1.807) is 24.3 Å². The van der Waals surface area contributed by atoms with E-state index in [0.717, 1.165) is 50.0 Å². The summed E-state index contributed by atoms with van der Waals surface area (Å²) < 4.78 is 0. The lowest BCUT2D eigenvalue weighted by Gasteiger charge is -2.17. The summed E-state index contributed by atoms with van der Waals surface area (Å²) in [6.45, 7) is 7.03. The first-order valence-corrected chi connectivity index (χ1v) is 9.31. The van der Waals surface area contributed by atoms with E-state index in [0.29, 0.717) is 17.9 Å². The van der Waals surface area contributed by atoms with Crippen molar-refractivity contribution in [3.05, 3.63) is 23.3 Å². The summed E-state index contributed by atoms with van der Waals surface area (Å²) in [4.78, 5) is 27.9. The molecule has 1 atom stereocenters. The summed E-state index contributed by atoms with van der Waals surface area (Å²) in [7, 11) is 0. The van der Waals surface area contributed by atoms with Crippen LogP contribution >= 0.6 is 11.8 Å². The van der Waals surface area contributed by atoms with Crippen LogP contribution in [0.3, 0.4) is 0 Å². The van der Waals surface area contributed by atoms with Crippen molar-refractivity contribution < 1.29 is 9.59 Å². The summed E-state index contributed by atoms with van der Waals surface area (Å²) in [5.41, 5.74) is 1.06. The highest BCUT2D eigenvalue weighted by Gasteiger charge is 2.13. The number of thioether (sulfide) groups is 1. The van der Waals surface area contributed by atoms with Gasteiger partial charge in [-0.2, -0.15) is 0 Å². The minimum atomic E-state index is -0.131. The molecule has 0 fully saturated rings. The molecule has 1 rings (SSSR count). The molecule has 134 valence electrons. The zero-order valence-electron chi connectivity index (χ0n) is 14.3. The zero-order chi connectivity index (χ0) is 17.6. The smallest absolute Gasteiger partial charge is 0.259 e. The standard InChI is InChI=1S/C17H28N4O2S/c1-14(2)6-7-15(21-13-22)10-20-17(23)16-11-19-12-18-8-4-3-5-9-24-16/h11-13,15H,1,3-10H2,2H3,(H,18,19)(H,20,23)(H,21,22)/b16-11-/t15-/m0/s1. The van der Waals surface area contributed by atoms with Crippen LogP contribution in [0.5, 0.6) is 0 Å². The number of carbonyl (C=O) groups excluding carboxylic acids is 2. The highest BCUT2D eigenvalue weighted by Crippen LogP contribution is 2.18. The number of nitrogens with one attached hydrogen (secondary N) is 3. The fourth-order valence-corrected chi connectivity index (χ4v) is 3.05. The van der Waals surface area contributed by atoms with Crippen LogP contribution in [-0.4, -0.2) is 43.5 Å². The summed E-state index contributed by atoms with van der Waals surface area (Å²) in [5, 5.41) is 8.59. The van der Waals surface area contributed by atoms with E-state index < -0.39 is 0 Å². The van der Waals surface area contributed by atoms with Crippen molar-refractivity contribution >= 4 is 30.4 Å². The van der Waals surface area contributed by atoms with Crippen molar-refractivity contribution in [2.24, 2.45) is 4.99 Å². The maximum absolute atomic E-state index is 12.4. The molecule has 0 spiro atoms. The van der Waals surface area contributed by atoms with E-state index in [-0.39, 0.29) is 11.9 Å². The molecular weight excluding hydrogens is 324 g/mol. The summed E-state index contributed by atoms with van der Waals surface area (Å²) in [6, 6.07) is -0.0917. The van der Waals surface area contributed by atoms with Crippen molar-refractivity contribution in [3.63, 3.8) is 0 Å². The first-order valence-electron chi connectivity index (χ1n) is 8.33. The normalized spacial score (nSPS) is 19.0. The molecule has 0 aromatic carbocycles. The van der Waals surface area contributed by atoms with Gasteiger partial charge in [-0.25, -0.2) is 0 Å². The molecule has 0 saturated carbocycles. The fourth-order valence-electron chi connectivity index (χ4n) is 2.13. The van der Waals surface area contributed by atoms with Gasteiger partial charge in [-0.15, -0.1) is 18.3 Å². The predicted octanol–water partition coefficient (Wildman–Crippen LogP) is 1.95. The summed E-state index contributed by atoms with van der Waals surface area (Å²) in [6.07, 6.45) is 8.82. The molecule has 0 unspecified atom stereocenters. The van der Waals surface area contributed by atoms with E-state index in [1.807, 2.05) is 6.92 Å². The van der Waals surface area contributed by atoms with E-state index >= 15 is 0 Å². The van der Waals surface area contributed by atoms with Gasteiger partial charge in [-0.05, 0) is 38.4 Å². The SMILES string of the molecule is C=C(C)CC[C@@H](CNC(=O)/C1=C/NC=NCCCCCS1)NC=O. The predicted molar refractivity (Wildman–Crippen MR) is 101 cm³/mol. The van der Waals surface area contributed by atoms with Crippen LogP contribution in [0.2, 0.25) is 0 Å². The Labute approximate surface area is 148 Å². The van der Waals surface area contributed by atoms with Gasteiger partial charge in [0.15, 0.2) is 0 Å². The monoisotopic (exact) mass is 352 g/mol. The van der Waals surface area contributed by atoms with Gasteiger partial charge in [-0.3, -0.25) is 14.6 Å². The number of hydrogen-bond donors (Lipinski definition) is 3. The third-order valence-electron chi connectivity index (χ3n) is 3.53. The molecule has 7 heteroatoms. The Hall–Kier alpha value is -1.76. The van der Waals surface area contributed by atoms with Crippen LogP contribution in [0.4, 0.5) is 0 Å². The second kappa shape index (κ2) is 12.6. The highest BCUT2D eigenvalue weighted by atomic mass is 32.2. The van der Waals surface area contributed by atoms with E-state index in [2.05, 4.69) is 27.5 Å². The average molecular weight is 353 g/mol. The Morgan fingerprint density at radius 3 is 3.08 bits per heavy atom. The second-order valence-corrected chi connectivity index (χ2v) is 6.94. The van der Waals surface area contributed by atoms with Crippen molar-refractivity contribution in [3.8, 4) is 0 Å². The maximum atomic E-state index is 12.4. The third-order valence-corrected chi connectivity index (χ3v) is 4.63. The van der Waals surface area contributed by atoms with Gasteiger partial charge in [0, 0.05) is 25.3 Å². The van der Waals surface area contributed by atoms with Gasteiger partial charge in [-0.1, -0.05) is 12.0 Å². The number of amides is 2. The number of carbonyl (C=O) groups is 2. The lowest BCUT2D eigenvalue weighted by atomic mass is 10.1. The van der Waals surface area contributed by atoms with Crippen molar-refractivity contribution in [1.29, 1.82) is 0 Å². The summed E-state index contributed by atoms with van der Waals surface area (Å²) in [5.74, 6) is 0.778. The number of allylic oxidation sites excluding steroid dienone is 1. The topological polar surface area (TPSA) is 82.6 Å². The molecule has 0 bridgehead atoms. The van der Waals surface area contributed by atoms with Crippen LogP contribution in [-0.2, 0) is 9.59 Å². The number of aliphatic imine (C=N–C) groups is 1. The van der Waals surface area contributed by atoms with Gasteiger partial charge >= 0.3 is 0 Å². The Kier molecular flexibility index (Phi) is 10.7. The fraction of sp³-hybridized carbons (Fsp3) is 0.588. The minimum absolute atomic E-state index is 0.0917. The Morgan fingerprint density at radius 1 is 1.50 bits per heavy atom. The van der Waals surface area contributed by atoms with Crippen LogP contribution in [0.15, 0.2) is 28.2 Å². The molecular formula is C17H28N4O2S. The highest BCUT2D eigenvalue weighted by molar-refractivity contribution is 8.03. The second-order valence-electron chi connectivity index (χ2n) is 5.81. The Balaban J connectivity index is 2.53. The average Bonchev–Trinajstić information content (AvgIpc) is 2.62. The Morgan fingerprint density at radius 2 is 2.33 bits per heavy atom. The molecule has 0 saturated heterocycles. The molecule has 0 aromatic rings. The van der Waals surface area contributed by atoms with Gasteiger partial charge in [0.25, 0.3) is 5.91 Å². The molecule has 0 aromatic heterocycles. The Bertz CT molecular complexity index is 477. The van der Waals surface area contributed by atoms with Gasteiger partial charge < -0.3 is 16.0 Å². The van der Waals surface area contributed by atoms with Gasteiger partial charge in [0.05, 0.1) is 11.2 Å². The largest absolute Gasteiger partial charge is 0.354 e. The summed E-state index contributed by atoms with van der Waals surface area (Å²) >= 11 is 1.54. The van der Waals surface area contributed by atoms with Gasteiger partial charge in [0.1, 0.15) is 0 Å². The van der Waals surface area contributed by atoms with Crippen molar-refractivity contribution in [1.82, 2.24) is 16.0 Å². The molecule has 1 heterocycles. The molecule has 2 amide bonds.